The van der Waals surface area contributed by atoms with Crippen LogP contribution in [0.3, 0.4) is 0 Å². The van der Waals surface area contributed by atoms with Crippen LogP contribution in [0.4, 0.5) is 0 Å². The van der Waals surface area contributed by atoms with E-state index in [1.165, 1.54) is 6.26 Å². The van der Waals surface area contributed by atoms with Crippen LogP contribution >= 0.6 is 0 Å². The van der Waals surface area contributed by atoms with Crippen LogP contribution < -0.4 is 0 Å². The van der Waals surface area contributed by atoms with Crippen LogP contribution in [0.5, 0.6) is 0 Å². The van der Waals surface area contributed by atoms with Crippen molar-refractivity contribution in [2.75, 3.05) is 12.8 Å². The van der Waals surface area contributed by atoms with E-state index in [2.05, 4.69) is 4.57 Å². The molecule has 19 heavy (non-hydrogen) atoms. The van der Waals surface area contributed by atoms with Crippen molar-refractivity contribution >= 4 is 10.0 Å². The van der Waals surface area contributed by atoms with E-state index in [1.54, 1.807) is 4.31 Å². The molecular formula is C14H16N2O2S. The van der Waals surface area contributed by atoms with E-state index in [-0.39, 0.29) is 6.04 Å². The number of fused-ring (bicyclic) bond motifs is 1. The van der Waals surface area contributed by atoms with E-state index in [4.69, 9.17) is 0 Å². The molecule has 0 amide bonds. The van der Waals surface area contributed by atoms with Crippen molar-refractivity contribution in [3.05, 3.63) is 59.9 Å². The molecule has 0 aliphatic carbocycles. The number of aromatic nitrogens is 1. The normalized spacial score (nSPS) is 20.2. The van der Waals surface area contributed by atoms with E-state index < -0.39 is 10.0 Å². The van der Waals surface area contributed by atoms with Crippen molar-refractivity contribution in [3.8, 4) is 0 Å². The maximum absolute atomic E-state index is 12.0. The second kappa shape index (κ2) is 4.51. The maximum Gasteiger partial charge on any atom is 0.212 e. The molecule has 0 fully saturated rings. The predicted molar refractivity (Wildman–Crippen MR) is 74.3 cm³/mol. The van der Waals surface area contributed by atoms with Crippen LogP contribution in [0.25, 0.3) is 0 Å². The number of sulfonamides is 1. The molecule has 0 saturated heterocycles. The van der Waals surface area contributed by atoms with Gasteiger partial charge in [-0.05, 0) is 17.7 Å². The van der Waals surface area contributed by atoms with Gasteiger partial charge < -0.3 is 4.57 Å². The molecule has 3 rings (SSSR count). The lowest BCUT2D eigenvalue weighted by Gasteiger charge is -2.35. The molecule has 1 aliphatic heterocycles. The number of hydrogen-bond donors (Lipinski definition) is 0. The molecule has 0 radical (unpaired) electrons. The summed E-state index contributed by atoms with van der Waals surface area (Å²) < 4.78 is 27.7. The molecule has 1 unspecified atom stereocenters. The van der Waals surface area contributed by atoms with E-state index in [9.17, 15) is 8.42 Å². The van der Waals surface area contributed by atoms with Gasteiger partial charge in [0.25, 0.3) is 0 Å². The van der Waals surface area contributed by atoms with Gasteiger partial charge in [0.1, 0.15) is 0 Å². The average molecular weight is 276 g/mol. The molecule has 4 nitrogen and oxygen atoms in total. The zero-order valence-corrected chi connectivity index (χ0v) is 11.5. The molecule has 1 atom stereocenters. The zero-order valence-electron chi connectivity index (χ0n) is 10.7. The Bertz CT molecular complexity index is 676. The zero-order chi connectivity index (χ0) is 13.5. The summed E-state index contributed by atoms with van der Waals surface area (Å²) in [5.74, 6) is 0. The minimum absolute atomic E-state index is 0.222. The first-order chi connectivity index (χ1) is 9.07. The third-order valence-electron chi connectivity index (χ3n) is 3.54. The highest BCUT2D eigenvalue weighted by atomic mass is 32.2. The first-order valence-corrected chi connectivity index (χ1v) is 8.09. The summed E-state index contributed by atoms with van der Waals surface area (Å²) in [6.07, 6.45) is 3.28. The Balaban J connectivity index is 2.15. The highest BCUT2D eigenvalue weighted by Crippen LogP contribution is 2.33. The van der Waals surface area contributed by atoms with Crippen LogP contribution in [0.15, 0.2) is 48.7 Å². The van der Waals surface area contributed by atoms with Crippen LogP contribution in [-0.4, -0.2) is 30.1 Å². The van der Waals surface area contributed by atoms with Crippen molar-refractivity contribution in [1.82, 2.24) is 8.87 Å². The topological polar surface area (TPSA) is 42.3 Å². The summed E-state index contributed by atoms with van der Waals surface area (Å²) in [6, 6.07) is 13.5. The first-order valence-electron chi connectivity index (χ1n) is 6.24. The standard InChI is InChI=1S/C14H16N2O2S/c1-19(17,18)16-11-10-15-9-5-8-13(15)14(16)12-6-3-2-4-7-12/h2-9,14H,10-11H2,1H3. The van der Waals surface area contributed by atoms with Gasteiger partial charge in [0.2, 0.25) is 10.0 Å². The van der Waals surface area contributed by atoms with Gasteiger partial charge in [-0.25, -0.2) is 8.42 Å². The molecule has 0 spiro atoms. The Morgan fingerprint density at radius 3 is 2.47 bits per heavy atom. The van der Waals surface area contributed by atoms with Crippen molar-refractivity contribution < 1.29 is 8.42 Å². The van der Waals surface area contributed by atoms with Crippen molar-refractivity contribution in [2.24, 2.45) is 0 Å². The molecule has 2 aromatic rings. The molecule has 0 N–H and O–H groups in total. The minimum Gasteiger partial charge on any atom is -0.348 e. The second-order valence-electron chi connectivity index (χ2n) is 4.81. The van der Waals surface area contributed by atoms with Gasteiger partial charge in [-0.3, -0.25) is 0 Å². The van der Waals surface area contributed by atoms with E-state index in [0.717, 1.165) is 11.3 Å². The van der Waals surface area contributed by atoms with Crippen LogP contribution in [0.1, 0.15) is 17.3 Å². The summed E-state index contributed by atoms with van der Waals surface area (Å²) in [5.41, 5.74) is 2.04. The fourth-order valence-corrected chi connectivity index (χ4v) is 3.72. The number of benzene rings is 1. The van der Waals surface area contributed by atoms with Gasteiger partial charge in [-0.15, -0.1) is 0 Å². The highest BCUT2D eigenvalue weighted by molar-refractivity contribution is 7.88. The maximum atomic E-state index is 12.0. The fraction of sp³-hybridized carbons (Fsp3) is 0.286. The van der Waals surface area contributed by atoms with E-state index >= 15 is 0 Å². The van der Waals surface area contributed by atoms with E-state index in [1.807, 2.05) is 48.7 Å². The quantitative estimate of drug-likeness (QED) is 0.840. The molecule has 0 bridgehead atoms. The van der Waals surface area contributed by atoms with Gasteiger partial charge in [0.15, 0.2) is 0 Å². The molecule has 1 aliphatic rings. The second-order valence-corrected chi connectivity index (χ2v) is 6.75. The van der Waals surface area contributed by atoms with Crippen LogP contribution in [0.2, 0.25) is 0 Å². The van der Waals surface area contributed by atoms with Crippen LogP contribution in [0, 0.1) is 0 Å². The lowest BCUT2D eigenvalue weighted by Crippen LogP contribution is -2.41. The van der Waals surface area contributed by atoms with Crippen LogP contribution in [-0.2, 0) is 16.6 Å². The van der Waals surface area contributed by atoms with Crippen molar-refractivity contribution in [1.29, 1.82) is 0 Å². The molecule has 5 heteroatoms. The largest absolute Gasteiger partial charge is 0.348 e. The summed E-state index contributed by atoms with van der Waals surface area (Å²) in [7, 11) is -3.22. The van der Waals surface area contributed by atoms with Crippen molar-refractivity contribution in [2.45, 2.75) is 12.6 Å². The minimum atomic E-state index is -3.22. The predicted octanol–water partition coefficient (Wildman–Crippen LogP) is 1.85. The van der Waals surface area contributed by atoms with Gasteiger partial charge in [0, 0.05) is 25.0 Å². The number of rotatable bonds is 2. The SMILES string of the molecule is CS(=O)(=O)N1CCn2cccc2C1c1ccccc1. The highest BCUT2D eigenvalue weighted by Gasteiger charge is 2.34. The first kappa shape index (κ1) is 12.4. The number of hydrogen-bond acceptors (Lipinski definition) is 2. The molecule has 100 valence electrons. The Kier molecular flexibility index (Phi) is 2.95. The summed E-state index contributed by atoms with van der Waals surface area (Å²) >= 11 is 0. The van der Waals surface area contributed by atoms with Gasteiger partial charge >= 0.3 is 0 Å². The molecule has 0 saturated carbocycles. The third-order valence-corrected chi connectivity index (χ3v) is 4.78. The third kappa shape index (κ3) is 2.19. The smallest absolute Gasteiger partial charge is 0.212 e. The molecular weight excluding hydrogens is 260 g/mol. The molecule has 1 aromatic heterocycles. The summed E-state index contributed by atoms with van der Waals surface area (Å²) in [6.45, 7) is 1.22. The lowest BCUT2D eigenvalue weighted by molar-refractivity contribution is 0.300. The number of nitrogens with zero attached hydrogens (tertiary/aromatic N) is 2. The fourth-order valence-electron chi connectivity index (χ4n) is 2.69. The summed E-state index contributed by atoms with van der Waals surface area (Å²) in [5, 5.41) is 0. The van der Waals surface area contributed by atoms with Gasteiger partial charge in [0.05, 0.1) is 12.3 Å². The Labute approximate surface area is 113 Å². The van der Waals surface area contributed by atoms with Crippen molar-refractivity contribution in [3.63, 3.8) is 0 Å². The lowest BCUT2D eigenvalue weighted by atomic mass is 10.0. The Morgan fingerprint density at radius 1 is 1.05 bits per heavy atom. The molecule has 1 aromatic carbocycles. The van der Waals surface area contributed by atoms with E-state index in [0.29, 0.717) is 13.1 Å². The average Bonchev–Trinajstić information content (AvgIpc) is 2.85. The summed E-state index contributed by atoms with van der Waals surface area (Å²) in [4.78, 5) is 0. The van der Waals surface area contributed by atoms with Gasteiger partial charge in [-0.2, -0.15) is 4.31 Å². The molecule has 2 heterocycles. The van der Waals surface area contributed by atoms with Gasteiger partial charge in [-0.1, -0.05) is 30.3 Å². The Morgan fingerprint density at radius 2 is 1.79 bits per heavy atom. The monoisotopic (exact) mass is 276 g/mol. The Hall–Kier alpha value is -1.59.